The lowest BCUT2D eigenvalue weighted by molar-refractivity contribution is 0.316. The van der Waals surface area contributed by atoms with Crippen LogP contribution in [0.1, 0.15) is 25.3 Å². The molecule has 0 aliphatic heterocycles. The number of nitrogens with zero attached hydrogens (tertiary/aromatic N) is 1. The van der Waals surface area contributed by atoms with Crippen molar-refractivity contribution in [2.75, 3.05) is 0 Å². The maximum absolute atomic E-state index is 12.0. The van der Waals surface area contributed by atoms with Crippen molar-refractivity contribution in [3.05, 3.63) is 35.9 Å². The number of rotatable bonds is 7. The predicted molar refractivity (Wildman–Crippen MR) is 74.3 cm³/mol. The molecule has 0 heterocycles. The molecule has 106 valence electrons. The minimum absolute atomic E-state index is 0.00858. The molecule has 1 atom stereocenters. The molecular weight excluding hydrogens is 266 g/mol. The molecule has 1 rings (SSSR count). The number of hydrogen-bond acceptors (Lipinski definition) is 4. The van der Waals surface area contributed by atoms with Gasteiger partial charge in [0.25, 0.3) is 0 Å². The standard InChI is InChI=1S/C12H19N3O3S/c1-2-11(8-12(13)14-16)15-19(17,18)9-10-6-4-3-5-7-10/h3-7,11,15-16H,2,8-9H2,1H3,(H2,13,14). The Morgan fingerprint density at radius 1 is 1.42 bits per heavy atom. The molecule has 0 saturated heterocycles. The zero-order valence-corrected chi connectivity index (χ0v) is 11.6. The normalized spacial score (nSPS) is 14.3. The smallest absolute Gasteiger partial charge is 0.216 e. The Hall–Kier alpha value is -1.60. The van der Waals surface area contributed by atoms with E-state index in [0.29, 0.717) is 12.0 Å². The average molecular weight is 285 g/mol. The summed E-state index contributed by atoms with van der Waals surface area (Å²) in [7, 11) is -3.44. The van der Waals surface area contributed by atoms with Gasteiger partial charge in [0.05, 0.1) is 5.75 Å². The number of benzene rings is 1. The van der Waals surface area contributed by atoms with Crippen molar-refractivity contribution in [1.29, 1.82) is 0 Å². The second kappa shape index (κ2) is 7.10. The van der Waals surface area contributed by atoms with Crippen molar-refractivity contribution in [3.63, 3.8) is 0 Å². The summed E-state index contributed by atoms with van der Waals surface area (Å²) in [6.45, 7) is 1.83. The van der Waals surface area contributed by atoms with Crippen LogP contribution in [-0.2, 0) is 15.8 Å². The number of hydrogen-bond donors (Lipinski definition) is 3. The number of nitrogens with one attached hydrogen (secondary N) is 1. The van der Waals surface area contributed by atoms with Crippen LogP contribution in [0, 0.1) is 0 Å². The van der Waals surface area contributed by atoms with E-state index in [1.807, 2.05) is 13.0 Å². The topological polar surface area (TPSA) is 105 Å². The summed E-state index contributed by atoms with van der Waals surface area (Å²) >= 11 is 0. The molecule has 7 heteroatoms. The number of oxime groups is 1. The van der Waals surface area contributed by atoms with Crippen molar-refractivity contribution in [2.45, 2.75) is 31.6 Å². The van der Waals surface area contributed by atoms with Gasteiger partial charge in [0.1, 0.15) is 5.84 Å². The second-order valence-corrected chi connectivity index (χ2v) is 6.02. The van der Waals surface area contributed by atoms with Crippen molar-refractivity contribution in [3.8, 4) is 0 Å². The van der Waals surface area contributed by atoms with Gasteiger partial charge in [-0.2, -0.15) is 0 Å². The molecule has 0 saturated carbocycles. The highest BCUT2D eigenvalue weighted by Crippen LogP contribution is 2.07. The van der Waals surface area contributed by atoms with Crippen LogP contribution in [0.5, 0.6) is 0 Å². The molecule has 19 heavy (non-hydrogen) atoms. The Balaban J connectivity index is 2.67. The summed E-state index contributed by atoms with van der Waals surface area (Å²) < 4.78 is 26.5. The Kier molecular flexibility index (Phi) is 5.78. The third kappa shape index (κ3) is 5.71. The fourth-order valence-corrected chi connectivity index (χ4v) is 3.12. The molecule has 6 nitrogen and oxygen atoms in total. The SMILES string of the molecule is CCC(CC(N)=NO)NS(=O)(=O)Cc1ccccc1. The number of amidine groups is 1. The largest absolute Gasteiger partial charge is 0.409 e. The minimum Gasteiger partial charge on any atom is -0.409 e. The van der Waals surface area contributed by atoms with E-state index in [-0.39, 0.29) is 24.1 Å². The van der Waals surface area contributed by atoms with Gasteiger partial charge in [-0.25, -0.2) is 13.1 Å². The Labute approximate surface area is 113 Å². The van der Waals surface area contributed by atoms with Crippen LogP contribution in [0.4, 0.5) is 0 Å². The first-order valence-corrected chi connectivity index (χ1v) is 7.62. The third-order valence-electron chi connectivity index (χ3n) is 2.62. The van der Waals surface area contributed by atoms with Crippen LogP contribution in [0.25, 0.3) is 0 Å². The lowest BCUT2D eigenvalue weighted by atomic mass is 10.1. The van der Waals surface area contributed by atoms with Gasteiger partial charge < -0.3 is 10.9 Å². The van der Waals surface area contributed by atoms with Crippen LogP contribution in [0.15, 0.2) is 35.5 Å². The van der Waals surface area contributed by atoms with Gasteiger partial charge in [-0.1, -0.05) is 42.4 Å². The second-order valence-electron chi connectivity index (χ2n) is 4.26. The van der Waals surface area contributed by atoms with Gasteiger partial charge in [0.15, 0.2) is 0 Å². The summed E-state index contributed by atoms with van der Waals surface area (Å²) in [6.07, 6.45) is 0.741. The number of nitrogens with two attached hydrogens (primary N) is 1. The van der Waals surface area contributed by atoms with E-state index >= 15 is 0 Å². The summed E-state index contributed by atoms with van der Waals surface area (Å²) in [5, 5.41) is 11.3. The summed E-state index contributed by atoms with van der Waals surface area (Å²) in [6, 6.07) is 8.55. The van der Waals surface area contributed by atoms with E-state index in [2.05, 4.69) is 9.88 Å². The van der Waals surface area contributed by atoms with E-state index in [9.17, 15) is 8.42 Å². The van der Waals surface area contributed by atoms with Crippen LogP contribution in [-0.4, -0.2) is 25.5 Å². The highest BCUT2D eigenvalue weighted by atomic mass is 32.2. The minimum atomic E-state index is -3.44. The van der Waals surface area contributed by atoms with Gasteiger partial charge in [-0.15, -0.1) is 0 Å². The zero-order valence-electron chi connectivity index (χ0n) is 10.8. The predicted octanol–water partition coefficient (Wildman–Crippen LogP) is 1.02. The van der Waals surface area contributed by atoms with Crippen molar-refractivity contribution >= 4 is 15.9 Å². The first-order valence-electron chi connectivity index (χ1n) is 5.97. The molecular formula is C12H19N3O3S. The van der Waals surface area contributed by atoms with E-state index in [4.69, 9.17) is 10.9 Å². The van der Waals surface area contributed by atoms with Crippen molar-refractivity contribution in [1.82, 2.24) is 4.72 Å². The van der Waals surface area contributed by atoms with Gasteiger partial charge in [-0.3, -0.25) is 0 Å². The number of sulfonamides is 1. The van der Waals surface area contributed by atoms with Gasteiger partial charge in [-0.05, 0) is 12.0 Å². The molecule has 0 spiro atoms. The monoisotopic (exact) mass is 285 g/mol. The average Bonchev–Trinajstić information content (AvgIpc) is 2.38. The van der Waals surface area contributed by atoms with Gasteiger partial charge >= 0.3 is 0 Å². The Morgan fingerprint density at radius 3 is 2.58 bits per heavy atom. The molecule has 0 aromatic heterocycles. The van der Waals surface area contributed by atoms with Crippen molar-refractivity contribution < 1.29 is 13.6 Å². The lowest BCUT2D eigenvalue weighted by Gasteiger charge is -2.16. The van der Waals surface area contributed by atoms with E-state index < -0.39 is 10.0 Å². The van der Waals surface area contributed by atoms with Crippen LogP contribution < -0.4 is 10.5 Å². The Bertz CT molecular complexity index is 514. The van der Waals surface area contributed by atoms with E-state index in [1.54, 1.807) is 24.3 Å². The molecule has 0 aliphatic carbocycles. The molecule has 4 N–H and O–H groups in total. The lowest BCUT2D eigenvalue weighted by Crippen LogP contribution is -2.38. The third-order valence-corrected chi connectivity index (χ3v) is 4.03. The molecule has 0 aliphatic rings. The Morgan fingerprint density at radius 2 is 2.05 bits per heavy atom. The molecule has 0 amide bonds. The van der Waals surface area contributed by atoms with Crippen LogP contribution in [0.2, 0.25) is 0 Å². The quantitative estimate of drug-likeness (QED) is 0.301. The van der Waals surface area contributed by atoms with E-state index in [0.717, 1.165) is 0 Å². The highest BCUT2D eigenvalue weighted by molar-refractivity contribution is 7.88. The van der Waals surface area contributed by atoms with Crippen molar-refractivity contribution in [2.24, 2.45) is 10.9 Å². The van der Waals surface area contributed by atoms with Crippen LogP contribution in [0.3, 0.4) is 0 Å². The maximum Gasteiger partial charge on any atom is 0.216 e. The van der Waals surface area contributed by atoms with Gasteiger partial charge in [0.2, 0.25) is 10.0 Å². The highest BCUT2D eigenvalue weighted by Gasteiger charge is 2.18. The van der Waals surface area contributed by atoms with Gasteiger partial charge in [0, 0.05) is 12.5 Å². The maximum atomic E-state index is 12.0. The summed E-state index contributed by atoms with van der Waals surface area (Å²) in [4.78, 5) is 0. The zero-order chi connectivity index (χ0) is 14.3. The van der Waals surface area contributed by atoms with Crippen LogP contribution >= 0.6 is 0 Å². The fourth-order valence-electron chi connectivity index (χ4n) is 1.65. The molecule has 0 fully saturated rings. The molecule has 1 aromatic carbocycles. The molecule has 1 aromatic rings. The first-order chi connectivity index (χ1) is 8.96. The molecule has 0 radical (unpaired) electrons. The fraction of sp³-hybridized carbons (Fsp3) is 0.417. The summed E-state index contributed by atoms with van der Waals surface area (Å²) in [5.41, 5.74) is 6.10. The summed E-state index contributed by atoms with van der Waals surface area (Å²) in [5.74, 6) is -0.0742. The first kappa shape index (κ1) is 15.5. The molecule has 0 bridgehead atoms. The van der Waals surface area contributed by atoms with E-state index in [1.165, 1.54) is 0 Å². The molecule has 1 unspecified atom stereocenters.